The smallest absolute Gasteiger partial charge is 0.460 e. The highest BCUT2D eigenvalue weighted by atomic mass is 28.4. The molecule has 2 aromatic carbocycles. The number of ether oxygens (including phenoxy) is 5. The maximum Gasteiger partial charge on any atom is 0.460 e. The predicted molar refractivity (Wildman–Crippen MR) is 229 cm³/mol. The molecule has 0 aliphatic rings. The topological polar surface area (TPSA) is 55.4 Å². The average molecular weight is 1060 g/mol. The second-order valence-electron chi connectivity index (χ2n) is 18.4. The maximum atomic E-state index is 14.4. The Morgan fingerprint density at radius 2 is 1.10 bits per heavy atom. The van der Waals surface area contributed by atoms with Crippen molar-refractivity contribution < 1.29 is 103 Å². The monoisotopic (exact) mass is 1060 g/mol. The number of hydrogen-bond donors (Lipinski definition) is 0. The normalized spacial score (nSPS) is 16.0. The number of methoxy groups -OCH3 is 2. The number of alkyl halides is 17. The van der Waals surface area contributed by atoms with E-state index in [0.29, 0.717) is 36.5 Å². The molecular weight excluding hydrogens is 1000 g/mol. The number of benzene rings is 2. The van der Waals surface area contributed by atoms with E-state index in [-0.39, 0.29) is 41.9 Å². The molecule has 0 aliphatic heterocycles. The van der Waals surface area contributed by atoms with Crippen LogP contribution in [0.3, 0.4) is 0 Å². The fraction of sp³-hybridized carbons (Fsp3) is 0.696. The van der Waals surface area contributed by atoms with Gasteiger partial charge in [-0.25, -0.2) is 0 Å². The third-order valence-corrected chi connectivity index (χ3v) is 16.7. The van der Waals surface area contributed by atoms with Gasteiger partial charge in [-0.2, -0.15) is 74.6 Å². The van der Waals surface area contributed by atoms with Crippen LogP contribution in [0.2, 0.25) is 18.1 Å². The fourth-order valence-corrected chi connectivity index (χ4v) is 7.75. The third-order valence-electron chi connectivity index (χ3n) is 12.2. The molecule has 70 heavy (non-hydrogen) atoms. The minimum atomic E-state index is -8.67. The van der Waals surface area contributed by atoms with Crippen LogP contribution in [0.4, 0.5) is 74.6 Å². The summed E-state index contributed by atoms with van der Waals surface area (Å²) in [6.07, 6.45) is -6.62. The molecule has 0 saturated carbocycles. The zero-order chi connectivity index (χ0) is 54.2. The van der Waals surface area contributed by atoms with E-state index in [1.807, 2.05) is 32.9 Å². The number of rotatable bonds is 29. The first-order valence-electron chi connectivity index (χ1n) is 21.9. The Bertz CT molecular complexity index is 1950. The van der Waals surface area contributed by atoms with Crippen molar-refractivity contribution in [1.29, 1.82) is 0 Å². The van der Waals surface area contributed by atoms with Crippen LogP contribution in [0.1, 0.15) is 84.8 Å². The first-order chi connectivity index (χ1) is 31.8. The van der Waals surface area contributed by atoms with Gasteiger partial charge in [0.1, 0.15) is 5.75 Å². The number of hydrogen-bond acceptors (Lipinski definition) is 6. The summed E-state index contributed by atoms with van der Waals surface area (Å²) in [7, 11) is 0.931. The van der Waals surface area contributed by atoms with Crippen LogP contribution in [0.15, 0.2) is 54.6 Å². The Kier molecular flexibility index (Phi) is 21.1. The molecule has 0 radical (unpaired) electrons. The average Bonchev–Trinajstić information content (AvgIpc) is 3.25. The Hall–Kier alpha value is -3.51. The van der Waals surface area contributed by atoms with E-state index in [1.54, 1.807) is 12.1 Å². The van der Waals surface area contributed by atoms with Crippen molar-refractivity contribution in [2.75, 3.05) is 27.4 Å². The summed E-state index contributed by atoms with van der Waals surface area (Å²) >= 11 is 0. The predicted octanol–water partition coefficient (Wildman–Crippen LogP) is 15.4. The molecule has 0 fully saturated rings. The summed E-state index contributed by atoms with van der Waals surface area (Å²) in [5.41, 5.74) is 1.35. The van der Waals surface area contributed by atoms with Crippen molar-refractivity contribution in [2.45, 2.75) is 165 Å². The fourth-order valence-electron chi connectivity index (χ4n) is 6.67. The molecular formula is C46H61F17O6Si. The van der Waals surface area contributed by atoms with Crippen LogP contribution >= 0.6 is 0 Å². The largest absolute Gasteiger partial charge is 0.494 e. The van der Waals surface area contributed by atoms with Gasteiger partial charge in [-0.15, -0.1) is 0 Å². The van der Waals surface area contributed by atoms with Crippen LogP contribution in [-0.4, -0.2) is 95.6 Å². The zero-order valence-corrected chi connectivity index (χ0v) is 41.2. The lowest BCUT2D eigenvalue weighted by Gasteiger charge is -2.42. The van der Waals surface area contributed by atoms with Crippen LogP contribution < -0.4 is 14.2 Å². The van der Waals surface area contributed by atoms with Gasteiger partial charge >= 0.3 is 47.6 Å². The van der Waals surface area contributed by atoms with Gasteiger partial charge in [0.25, 0.3) is 0 Å². The Balaban J connectivity index is 2.26. The number of allylic oxidation sites excluding steroid dienone is 1. The highest BCUT2D eigenvalue weighted by Gasteiger charge is 2.95. The summed E-state index contributed by atoms with van der Waals surface area (Å²) in [5, 5.41) is -0.0406. The zero-order valence-electron chi connectivity index (χ0n) is 40.2. The van der Waals surface area contributed by atoms with E-state index < -0.39 is 81.5 Å². The van der Waals surface area contributed by atoms with Crippen molar-refractivity contribution in [3.63, 3.8) is 0 Å². The minimum Gasteiger partial charge on any atom is -0.494 e. The van der Waals surface area contributed by atoms with Gasteiger partial charge in [-0.05, 0) is 79.2 Å². The molecule has 0 N–H and O–H groups in total. The highest BCUT2D eigenvalue weighted by Crippen LogP contribution is 2.64. The first-order valence-corrected chi connectivity index (χ1v) is 24.8. The summed E-state index contributed by atoms with van der Waals surface area (Å²) in [5.74, 6) is -56.0. The molecule has 24 heteroatoms. The van der Waals surface area contributed by atoms with E-state index >= 15 is 0 Å². The summed E-state index contributed by atoms with van der Waals surface area (Å²) in [6.45, 7) is 16.2. The SMILES string of the molecule is CC/C=C\C(C)C(OCc1ccc(OC)c(OC)c1)C(C)C(CCCO[Si](C)(C)C(C)(C)C)OCc1ccc(OCCCC(F)(F)C(F)(F)C(F)(F)C(F)(F)C(F)(F)C(F)(F)C(F)(F)C(F)(F)F)cc1. The standard InChI is InChI=1S/C46H61F17O6Si/c1-11-12-15-29(2)37(68-28-32-19-22-35(64-7)36(26-32)65-8)30(3)34(16-13-25-69-70(9,10)38(4,5)6)67-27-31-17-20-33(21-18-31)66-24-14-23-39(47,48)40(49,50)41(51,52)42(53,54)43(55,56)44(57,58)45(59,60)46(61,62)63/h12,15,17-22,26,29-30,34,37H,11,13-14,16,23-25,27-28H2,1-10H3/b15-12-. The first kappa shape index (κ1) is 62.6. The molecule has 6 nitrogen and oxygen atoms in total. The van der Waals surface area contributed by atoms with E-state index in [9.17, 15) is 74.6 Å². The van der Waals surface area contributed by atoms with E-state index in [0.717, 1.165) is 12.0 Å². The summed E-state index contributed by atoms with van der Waals surface area (Å²) in [6, 6.07) is 10.8. The second-order valence-corrected chi connectivity index (χ2v) is 23.2. The summed E-state index contributed by atoms with van der Waals surface area (Å²) in [4.78, 5) is 0. The van der Waals surface area contributed by atoms with Gasteiger partial charge in [0.15, 0.2) is 19.8 Å². The van der Waals surface area contributed by atoms with Gasteiger partial charge in [0.2, 0.25) is 0 Å². The van der Waals surface area contributed by atoms with Crippen molar-refractivity contribution in [3.05, 3.63) is 65.7 Å². The molecule has 2 aromatic rings. The van der Waals surface area contributed by atoms with E-state index in [2.05, 4.69) is 39.9 Å². The van der Waals surface area contributed by atoms with Gasteiger partial charge in [0, 0.05) is 24.9 Å². The molecule has 2 rings (SSSR count). The molecule has 0 amide bonds. The molecule has 404 valence electrons. The quantitative estimate of drug-likeness (QED) is 0.0350. The molecule has 0 bridgehead atoms. The Morgan fingerprint density at radius 1 is 0.600 bits per heavy atom. The summed E-state index contributed by atoms with van der Waals surface area (Å²) < 4.78 is 267. The molecule has 0 aliphatic carbocycles. The molecule has 4 unspecified atom stereocenters. The molecule has 0 heterocycles. The highest BCUT2D eigenvalue weighted by molar-refractivity contribution is 6.74. The van der Waals surface area contributed by atoms with Crippen molar-refractivity contribution in [2.24, 2.45) is 11.8 Å². The van der Waals surface area contributed by atoms with Gasteiger partial charge in [0.05, 0.1) is 46.2 Å². The molecule has 0 saturated heterocycles. The van der Waals surface area contributed by atoms with Crippen molar-refractivity contribution in [1.82, 2.24) is 0 Å². The lowest BCUT2D eigenvalue weighted by atomic mass is 9.86. The maximum absolute atomic E-state index is 14.4. The second kappa shape index (κ2) is 23.6. The van der Waals surface area contributed by atoms with Gasteiger partial charge < -0.3 is 28.1 Å². The lowest BCUT2D eigenvalue weighted by molar-refractivity contribution is -0.461. The third kappa shape index (κ3) is 13.8. The van der Waals surface area contributed by atoms with Crippen LogP contribution in [0.25, 0.3) is 0 Å². The Labute approximate surface area is 397 Å². The number of halogens is 17. The van der Waals surface area contributed by atoms with Gasteiger partial charge in [-0.1, -0.05) is 71.9 Å². The molecule has 4 atom stereocenters. The minimum absolute atomic E-state index is 0.00106. The van der Waals surface area contributed by atoms with Crippen LogP contribution in [0, 0.1) is 11.8 Å². The van der Waals surface area contributed by atoms with Crippen LogP contribution in [-0.2, 0) is 27.1 Å². The van der Waals surface area contributed by atoms with Crippen molar-refractivity contribution >= 4 is 8.32 Å². The van der Waals surface area contributed by atoms with E-state index in [4.69, 9.17) is 28.1 Å². The lowest BCUT2D eigenvalue weighted by Crippen LogP contribution is -2.74. The van der Waals surface area contributed by atoms with Crippen molar-refractivity contribution in [3.8, 4) is 17.2 Å². The van der Waals surface area contributed by atoms with E-state index in [1.165, 1.54) is 38.5 Å². The van der Waals surface area contributed by atoms with Gasteiger partial charge in [-0.3, -0.25) is 0 Å². The molecule has 0 aromatic heterocycles. The molecule has 0 spiro atoms. The van der Waals surface area contributed by atoms with Crippen LogP contribution in [0.5, 0.6) is 17.2 Å². The Morgan fingerprint density at radius 3 is 1.60 bits per heavy atom.